The summed E-state index contributed by atoms with van der Waals surface area (Å²) in [7, 11) is 0. The lowest BCUT2D eigenvalue weighted by Crippen LogP contribution is -2.24. The van der Waals surface area contributed by atoms with Gasteiger partial charge < -0.3 is 5.32 Å². The number of thioether (sulfide) groups is 1. The first-order chi connectivity index (χ1) is 16.5. The quantitative estimate of drug-likeness (QED) is 0.347. The lowest BCUT2D eigenvalue weighted by atomic mass is 10.2. The number of rotatable bonds is 5. The lowest BCUT2D eigenvalue weighted by Gasteiger charge is -2.14. The van der Waals surface area contributed by atoms with E-state index >= 15 is 0 Å². The van der Waals surface area contributed by atoms with Crippen LogP contribution in [-0.4, -0.2) is 30.3 Å². The van der Waals surface area contributed by atoms with Crippen molar-refractivity contribution in [3.63, 3.8) is 0 Å². The van der Waals surface area contributed by atoms with E-state index in [2.05, 4.69) is 15.5 Å². The first-order valence-electron chi connectivity index (χ1n) is 10.6. The van der Waals surface area contributed by atoms with Crippen molar-refractivity contribution in [1.82, 2.24) is 19.2 Å². The molecule has 0 saturated carbocycles. The number of aryl methyl sites for hydroxylation is 1. The van der Waals surface area contributed by atoms with E-state index in [1.54, 1.807) is 35.8 Å². The molecule has 2 heterocycles. The number of hydrogen-bond donors (Lipinski definition) is 1. The fourth-order valence-corrected chi connectivity index (χ4v) is 4.83. The molecule has 1 unspecified atom stereocenters. The normalized spacial score (nSPS) is 12.2. The second-order valence-electron chi connectivity index (χ2n) is 7.79. The molecule has 0 bridgehead atoms. The maximum Gasteiger partial charge on any atom is 0.267 e. The second kappa shape index (κ2) is 8.96. The minimum atomic E-state index is -0.499. The van der Waals surface area contributed by atoms with Crippen LogP contribution in [0.5, 0.6) is 0 Å². The molecule has 0 aliphatic rings. The molecule has 1 atom stereocenters. The summed E-state index contributed by atoms with van der Waals surface area (Å²) in [4.78, 5) is 26.3. The minimum absolute atomic E-state index is 0.175. The monoisotopic (exact) mass is 489 g/mol. The van der Waals surface area contributed by atoms with Crippen molar-refractivity contribution in [2.45, 2.75) is 24.3 Å². The fourth-order valence-electron chi connectivity index (χ4n) is 3.80. The van der Waals surface area contributed by atoms with Crippen LogP contribution >= 0.6 is 23.4 Å². The smallest absolute Gasteiger partial charge is 0.267 e. The number of anilines is 1. The highest BCUT2D eigenvalue weighted by Gasteiger charge is 2.23. The highest BCUT2D eigenvalue weighted by Crippen LogP contribution is 2.28. The molecule has 0 fully saturated rings. The van der Waals surface area contributed by atoms with Crippen LogP contribution in [0.25, 0.3) is 22.4 Å². The Bertz CT molecular complexity index is 1610. The number of carbonyl (C=O) groups excluding carboxylic acids is 1. The zero-order chi connectivity index (χ0) is 23.8. The van der Waals surface area contributed by atoms with E-state index in [-0.39, 0.29) is 11.5 Å². The van der Waals surface area contributed by atoms with Gasteiger partial charge in [-0.25, -0.2) is 4.57 Å². The van der Waals surface area contributed by atoms with Gasteiger partial charge in [0.2, 0.25) is 11.7 Å². The number of para-hydroxylation sites is 3. The van der Waals surface area contributed by atoms with E-state index in [0.717, 1.165) is 11.3 Å². The first kappa shape index (κ1) is 22.2. The highest BCUT2D eigenvalue weighted by atomic mass is 35.5. The Kier molecular flexibility index (Phi) is 5.85. The van der Waals surface area contributed by atoms with Gasteiger partial charge in [-0.3, -0.25) is 14.0 Å². The third-order valence-electron chi connectivity index (χ3n) is 5.53. The number of hydrogen-bond acceptors (Lipinski definition) is 5. The summed E-state index contributed by atoms with van der Waals surface area (Å²) < 4.78 is 3.40. The molecule has 7 nitrogen and oxygen atoms in total. The van der Waals surface area contributed by atoms with Gasteiger partial charge in [0.05, 0.1) is 32.6 Å². The van der Waals surface area contributed by atoms with Gasteiger partial charge in [0, 0.05) is 0 Å². The number of nitrogens with zero attached hydrogens (tertiary/aromatic N) is 4. The molecule has 0 radical (unpaired) electrons. The molecule has 1 amide bonds. The molecule has 0 spiro atoms. The molecule has 5 rings (SSSR count). The second-order valence-corrected chi connectivity index (χ2v) is 9.51. The van der Waals surface area contributed by atoms with Crippen molar-refractivity contribution in [3.05, 3.63) is 93.7 Å². The number of carbonyl (C=O) groups is 1. The average molecular weight is 490 g/mol. The number of fused-ring (bicyclic) bond motifs is 3. The molecule has 0 aliphatic heterocycles. The van der Waals surface area contributed by atoms with E-state index < -0.39 is 5.25 Å². The summed E-state index contributed by atoms with van der Waals surface area (Å²) in [6.07, 6.45) is 0. The van der Waals surface area contributed by atoms with Gasteiger partial charge in [0.15, 0.2) is 5.16 Å². The predicted octanol–water partition coefficient (Wildman–Crippen LogP) is 5.11. The van der Waals surface area contributed by atoms with Crippen LogP contribution in [-0.2, 0) is 4.79 Å². The first-order valence-corrected chi connectivity index (χ1v) is 11.9. The summed E-state index contributed by atoms with van der Waals surface area (Å²) in [5, 5.41) is 12.6. The number of benzene rings is 3. The van der Waals surface area contributed by atoms with E-state index in [0.29, 0.717) is 32.5 Å². The fraction of sp³-hybridized carbons (Fsp3) is 0.120. The number of aromatic nitrogens is 4. The summed E-state index contributed by atoms with van der Waals surface area (Å²) in [5.74, 6) is 0.172. The molecule has 9 heteroatoms. The van der Waals surface area contributed by atoms with Crippen molar-refractivity contribution < 1.29 is 4.79 Å². The van der Waals surface area contributed by atoms with Crippen molar-refractivity contribution in [3.8, 4) is 5.69 Å². The topological polar surface area (TPSA) is 81.3 Å². The third kappa shape index (κ3) is 3.85. The van der Waals surface area contributed by atoms with E-state index in [1.165, 1.54) is 11.8 Å². The summed E-state index contributed by atoms with van der Waals surface area (Å²) in [6, 6.07) is 22.0. The number of halogens is 1. The van der Waals surface area contributed by atoms with E-state index in [4.69, 9.17) is 11.6 Å². The van der Waals surface area contributed by atoms with Gasteiger partial charge in [-0.05, 0) is 49.7 Å². The van der Waals surface area contributed by atoms with Crippen LogP contribution in [0.3, 0.4) is 0 Å². The molecule has 3 aromatic carbocycles. The zero-order valence-corrected chi connectivity index (χ0v) is 20.0. The summed E-state index contributed by atoms with van der Waals surface area (Å²) in [5.41, 5.74) is 2.72. The van der Waals surface area contributed by atoms with Gasteiger partial charge in [-0.1, -0.05) is 65.8 Å². The Morgan fingerprint density at radius 3 is 2.50 bits per heavy atom. The number of amides is 1. The molecule has 170 valence electrons. The minimum Gasteiger partial charge on any atom is -0.324 e. The molecular formula is C25H20ClN5O2S. The predicted molar refractivity (Wildman–Crippen MR) is 136 cm³/mol. The Morgan fingerprint density at radius 2 is 1.71 bits per heavy atom. The van der Waals surface area contributed by atoms with Gasteiger partial charge >= 0.3 is 0 Å². The van der Waals surface area contributed by atoms with E-state index in [9.17, 15) is 9.59 Å². The van der Waals surface area contributed by atoms with Crippen LogP contribution in [0.1, 0.15) is 12.5 Å². The Morgan fingerprint density at radius 1 is 1.00 bits per heavy atom. The summed E-state index contributed by atoms with van der Waals surface area (Å²) in [6.45, 7) is 3.73. The van der Waals surface area contributed by atoms with Gasteiger partial charge in [0.25, 0.3) is 5.56 Å². The Hall–Kier alpha value is -3.62. The van der Waals surface area contributed by atoms with Crippen LogP contribution in [0.4, 0.5) is 5.69 Å². The molecule has 0 saturated heterocycles. The summed E-state index contributed by atoms with van der Waals surface area (Å²) >= 11 is 7.44. The molecular weight excluding hydrogens is 470 g/mol. The van der Waals surface area contributed by atoms with Crippen LogP contribution in [0.15, 0.2) is 82.7 Å². The molecule has 34 heavy (non-hydrogen) atoms. The van der Waals surface area contributed by atoms with Crippen LogP contribution in [0.2, 0.25) is 5.02 Å². The van der Waals surface area contributed by atoms with Crippen LogP contribution < -0.4 is 10.9 Å². The molecule has 1 N–H and O–H groups in total. The Labute approximate surface area is 204 Å². The molecule has 2 aromatic heterocycles. The Balaban J connectivity index is 1.61. The third-order valence-corrected chi connectivity index (χ3v) is 6.91. The number of nitrogens with one attached hydrogen (secondary N) is 1. The van der Waals surface area contributed by atoms with Crippen molar-refractivity contribution >= 4 is 51.6 Å². The van der Waals surface area contributed by atoms with Crippen molar-refractivity contribution in [2.75, 3.05) is 5.32 Å². The standard InChI is InChI=1S/C25H20ClN5O2S/c1-15-9-3-7-13-20(15)30-23(33)17-10-4-8-14-21(17)31-24(30)28-29-25(31)34-16(2)22(32)27-19-12-6-5-11-18(19)26/h3-14,16H,1-2H3,(H,27,32). The lowest BCUT2D eigenvalue weighted by molar-refractivity contribution is -0.115. The SMILES string of the molecule is Cc1ccccc1-n1c(=O)c2ccccc2n2c(SC(C)C(=O)Nc3ccccc3Cl)nnc12. The zero-order valence-electron chi connectivity index (χ0n) is 18.4. The average Bonchev–Trinajstić information content (AvgIpc) is 3.25. The van der Waals surface area contributed by atoms with Crippen LogP contribution in [0, 0.1) is 6.92 Å². The molecule has 0 aliphatic carbocycles. The van der Waals surface area contributed by atoms with Crippen molar-refractivity contribution in [2.24, 2.45) is 0 Å². The largest absolute Gasteiger partial charge is 0.324 e. The molecule has 5 aromatic rings. The maximum atomic E-state index is 13.5. The van der Waals surface area contributed by atoms with Gasteiger partial charge in [-0.2, -0.15) is 0 Å². The maximum absolute atomic E-state index is 13.5. The van der Waals surface area contributed by atoms with Gasteiger partial charge in [-0.15, -0.1) is 10.2 Å². The van der Waals surface area contributed by atoms with Gasteiger partial charge in [0.1, 0.15) is 0 Å². The van der Waals surface area contributed by atoms with E-state index in [1.807, 2.05) is 59.9 Å². The highest BCUT2D eigenvalue weighted by molar-refractivity contribution is 8.00. The van der Waals surface area contributed by atoms with Crippen molar-refractivity contribution in [1.29, 1.82) is 0 Å².